The van der Waals surface area contributed by atoms with Crippen molar-refractivity contribution in [1.82, 2.24) is 15.4 Å². The van der Waals surface area contributed by atoms with Gasteiger partial charge in [-0.3, -0.25) is 0 Å². The lowest BCUT2D eigenvalue weighted by atomic mass is 10.0. The average molecular weight is 197 g/mol. The fraction of sp³-hybridized carbons (Fsp3) is 0.667. The zero-order chi connectivity index (χ0) is 10.6. The predicted molar refractivity (Wildman–Crippen MR) is 51.0 cm³/mol. The minimum absolute atomic E-state index is 0.229. The van der Waals surface area contributed by atoms with Crippen LogP contribution in [0.4, 0.5) is 0 Å². The molecule has 1 N–H and O–H groups in total. The van der Waals surface area contributed by atoms with Crippen LogP contribution in [0.15, 0.2) is 0 Å². The van der Waals surface area contributed by atoms with Gasteiger partial charge >= 0.3 is 5.97 Å². The van der Waals surface area contributed by atoms with E-state index >= 15 is 0 Å². The van der Waals surface area contributed by atoms with Gasteiger partial charge in [-0.1, -0.05) is 20.3 Å². The lowest BCUT2D eigenvalue weighted by molar-refractivity contribution is 0.0592. The second-order valence-electron chi connectivity index (χ2n) is 3.24. The number of hydrogen-bond donors (Lipinski definition) is 1. The Kier molecular flexibility index (Phi) is 3.62. The highest BCUT2D eigenvalue weighted by atomic mass is 16.5. The van der Waals surface area contributed by atoms with Crippen molar-refractivity contribution in [3.05, 3.63) is 11.4 Å². The third-order valence-electron chi connectivity index (χ3n) is 2.14. The highest BCUT2D eigenvalue weighted by Gasteiger charge is 2.20. The van der Waals surface area contributed by atoms with Crippen LogP contribution in [0.25, 0.3) is 0 Å². The van der Waals surface area contributed by atoms with Gasteiger partial charge in [0.1, 0.15) is 5.69 Å². The summed E-state index contributed by atoms with van der Waals surface area (Å²) in [6.07, 6.45) is 2.03. The molecule has 1 heterocycles. The van der Waals surface area contributed by atoms with Gasteiger partial charge in [-0.15, -0.1) is 5.10 Å². The Morgan fingerprint density at radius 1 is 1.57 bits per heavy atom. The van der Waals surface area contributed by atoms with E-state index in [9.17, 15) is 4.79 Å². The first kappa shape index (κ1) is 10.7. The van der Waals surface area contributed by atoms with E-state index in [1.54, 1.807) is 0 Å². The number of H-pyrrole nitrogens is 1. The van der Waals surface area contributed by atoms with Crippen molar-refractivity contribution >= 4 is 5.97 Å². The van der Waals surface area contributed by atoms with E-state index in [1.807, 2.05) is 6.92 Å². The van der Waals surface area contributed by atoms with E-state index in [2.05, 4.69) is 27.1 Å². The minimum atomic E-state index is -0.434. The van der Waals surface area contributed by atoms with Crippen molar-refractivity contribution < 1.29 is 9.53 Å². The molecule has 0 saturated heterocycles. The Morgan fingerprint density at radius 2 is 2.29 bits per heavy atom. The summed E-state index contributed by atoms with van der Waals surface area (Å²) < 4.78 is 4.60. The molecule has 1 aromatic heterocycles. The molecule has 0 radical (unpaired) electrons. The van der Waals surface area contributed by atoms with Crippen LogP contribution in [-0.4, -0.2) is 28.5 Å². The van der Waals surface area contributed by atoms with Crippen molar-refractivity contribution in [2.45, 2.75) is 32.6 Å². The summed E-state index contributed by atoms with van der Waals surface area (Å²) in [5.74, 6) is -0.204. The molecule has 5 heteroatoms. The first-order valence-corrected chi connectivity index (χ1v) is 4.69. The Bertz CT molecular complexity index is 309. The zero-order valence-electron chi connectivity index (χ0n) is 8.70. The van der Waals surface area contributed by atoms with Crippen LogP contribution in [-0.2, 0) is 4.74 Å². The molecule has 1 aromatic rings. The number of carbonyl (C=O) groups excluding carboxylic acids is 1. The van der Waals surface area contributed by atoms with Crippen molar-refractivity contribution in [2.75, 3.05) is 7.11 Å². The molecule has 0 aromatic carbocycles. The Labute approximate surface area is 82.8 Å². The number of aromatic amines is 1. The molecule has 0 saturated carbocycles. The number of esters is 1. The van der Waals surface area contributed by atoms with E-state index in [4.69, 9.17) is 0 Å². The molecule has 0 aliphatic rings. The van der Waals surface area contributed by atoms with Crippen LogP contribution in [0.3, 0.4) is 0 Å². The second kappa shape index (κ2) is 4.74. The second-order valence-corrected chi connectivity index (χ2v) is 3.24. The summed E-state index contributed by atoms with van der Waals surface area (Å²) in [5.41, 5.74) is 0.993. The Balaban J connectivity index is 2.86. The van der Waals surface area contributed by atoms with Gasteiger partial charge in [0.25, 0.3) is 0 Å². The Hall–Kier alpha value is -1.39. The van der Waals surface area contributed by atoms with E-state index in [-0.39, 0.29) is 5.92 Å². The summed E-state index contributed by atoms with van der Waals surface area (Å²) in [7, 11) is 1.34. The van der Waals surface area contributed by atoms with Gasteiger partial charge in [-0.05, 0) is 6.42 Å². The van der Waals surface area contributed by atoms with Gasteiger partial charge in [0.2, 0.25) is 0 Å². The maximum absolute atomic E-state index is 11.3. The fourth-order valence-corrected chi connectivity index (χ4v) is 1.40. The smallest absolute Gasteiger partial charge is 0.360 e. The molecule has 1 rings (SSSR count). The summed E-state index contributed by atoms with van der Waals surface area (Å²) in [5, 5.41) is 10.2. The predicted octanol–water partition coefficient (Wildman–Crippen LogP) is 1.49. The average Bonchev–Trinajstić information content (AvgIpc) is 2.65. The monoisotopic (exact) mass is 197 g/mol. The van der Waals surface area contributed by atoms with E-state index in [0.29, 0.717) is 11.4 Å². The van der Waals surface area contributed by atoms with Gasteiger partial charge in [-0.2, -0.15) is 10.3 Å². The van der Waals surface area contributed by atoms with Crippen LogP contribution < -0.4 is 0 Å². The van der Waals surface area contributed by atoms with Crippen LogP contribution in [0.2, 0.25) is 0 Å². The SMILES string of the molecule is CCCC(C)c1n[nH]nc1C(=O)OC. The van der Waals surface area contributed by atoms with Gasteiger partial charge in [0, 0.05) is 5.92 Å². The van der Waals surface area contributed by atoms with Crippen molar-refractivity contribution in [3.8, 4) is 0 Å². The molecule has 0 fully saturated rings. The molecular formula is C9H15N3O2. The number of rotatable bonds is 4. The quantitative estimate of drug-likeness (QED) is 0.742. The molecule has 5 nitrogen and oxygen atoms in total. The van der Waals surface area contributed by atoms with Crippen LogP contribution in [0, 0.1) is 0 Å². The summed E-state index contributed by atoms with van der Waals surface area (Å²) in [4.78, 5) is 11.3. The zero-order valence-corrected chi connectivity index (χ0v) is 8.70. The standard InChI is InChI=1S/C9H15N3O2/c1-4-5-6(2)7-8(9(13)14-3)11-12-10-7/h6H,4-5H2,1-3H3,(H,10,11,12). The minimum Gasteiger partial charge on any atom is -0.464 e. The van der Waals surface area contributed by atoms with Gasteiger partial charge in [0.15, 0.2) is 5.69 Å². The number of hydrogen-bond acceptors (Lipinski definition) is 4. The largest absolute Gasteiger partial charge is 0.464 e. The molecule has 1 unspecified atom stereocenters. The molecule has 0 spiro atoms. The summed E-state index contributed by atoms with van der Waals surface area (Å²) >= 11 is 0. The van der Waals surface area contributed by atoms with Gasteiger partial charge in [-0.25, -0.2) is 4.79 Å². The fourth-order valence-electron chi connectivity index (χ4n) is 1.40. The number of ether oxygens (including phenoxy) is 1. The summed E-state index contributed by atoms with van der Waals surface area (Å²) in [6, 6.07) is 0. The topological polar surface area (TPSA) is 67.9 Å². The van der Waals surface area contributed by atoms with E-state index in [0.717, 1.165) is 12.8 Å². The third kappa shape index (κ3) is 2.10. The number of methoxy groups -OCH3 is 1. The van der Waals surface area contributed by atoms with Crippen LogP contribution >= 0.6 is 0 Å². The number of carbonyl (C=O) groups is 1. The maximum atomic E-state index is 11.3. The molecule has 0 bridgehead atoms. The molecule has 0 aliphatic carbocycles. The van der Waals surface area contributed by atoms with Gasteiger partial charge < -0.3 is 4.74 Å². The number of aromatic nitrogens is 3. The maximum Gasteiger partial charge on any atom is 0.360 e. The van der Waals surface area contributed by atoms with Crippen LogP contribution in [0.5, 0.6) is 0 Å². The molecule has 14 heavy (non-hydrogen) atoms. The highest BCUT2D eigenvalue weighted by molar-refractivity contribution is 5.88. The summed E-state index contributed by atoms with van der Waals surface area (Å²) in [6.45, 7) is 4.11. The first-order chi connectivity index (χ1) is 6.70. The number of nitrogens with one attached hydrogen (secondary N) is 1. The third-order valence-corrected chi connectivity index (χ3v) is 2.14. The molecule has 78 valence electrons. The first-order valence-electron chi connectivity index (χ1n) is 4.69. The van der Waals surface area contributed by atoms with Crippen molar-refractivity contribution in [3.63, 3.8) is 0 Å². The molecule has 0 aliphatic heterocycles. The van der Waals surface area contributed by atoms with Crippen molar-refractivity contribution in [2.24, 2.45) is 0 Å². The molecule has 1 atom stereocenters. The number of nitrogens with zero attached hydrogens (tertiary/aromatic N) is 2. The normalized spacial score (nSPS) is 12.5. The lowest BCUT2D eigenvalue weighted by Crippen LogP contribution is -2.07. The van der Waals surface area contributed by atoms with E-state index < -0.39 is 5.97 Å². The van der Waals surface area contributed by atoms with Gasteiger partial charge in [0.05, 0.1) is 7.11 Å². The Morgan fingerprint density at radius 3 is 2.86 bits per heavy atom. The van der Waals surface area contributed by atoms with E-state index in [1.165, 1.54) is 7.11 Å². The highest BCUT2D eigenvalue weighted by Crippen LogP contribution is 2.20. The van der Waals surface area contributed by atoms with Crippen molar-refractivity contribution in [1.29, 1.82) is 0 Å². The van der Waals surface area contributed by atoms with Crippen LogP contribution in [0.1, 0.15) is 48.8 Å². The molecular weight excluding hydrogens is 182 g/mol. The molecule has 0 amide bonds. The lowest BCUT2D eigenvalue weighted by Gasteiger charge is -2.06.